The number of nitrogens with zero attached hydrogens (tertiary/aromatic N) is 1. The maximum absolute atomic E-state index is 10.3. The van der Waals surface area contributed by atoms with Gasteiger partial charge in [0.2, 0.25) is 0 Å². The lowest BCUT2D eigenvalue weighted by molar-refractivity contribution is -0.137. The van der Waals surface area contributed by atoms with E-state index in [1.54, 1.807) is 0 Å². The van der Waals surface area contributed by atoms with Gasteiger partial charge in [-0.25, -0.2) is 0 Å². The molecule has 0 aromatic carbocycles. The van der Waals surface area contributed by atoms with Gasteiger partial charge in [-0.2, -0.15) is 0 Å². The number of likely N-dealkylation sites (tertiary alicyclic amines) is 1. The molecular formula is C11H22N2O2. The van der Waals surface area contributed by atoms with E-state index >= 15 is 0 Å². The van der Waals surface area contributed by atoms with Crippen molar-refractivity contribution in [1.29, 1.82) is 0 Å². The van der Waals surface area contributed by atoms with Crippen LogP contribution < -0.4 is 5.32 Å². The van der Waals surface area contributed by atoms with Gasteiger partial charge in [-0.1, -0.05) is 6.92 Å². The fraction of sp³-hybridized carbons (Fsp3) is 0.909. The zero-order chi connectivity index (χ0) is 11.1. The second kappa shape index (κ2) is 6.80. The first-order valence-corrected chi connectivity index (χ1v) is 5.90. The second-order valence-corrected chi connectivity index (χ2v) is 4.13. The van der Waals surface area contributed by atoms with Crippen molar-refractivity contribution < 1.29 is 9.90 Å². The standard InChI is InChI=1S/C11H22N2O2/c1-2-13-8-4-5-10(13)9-12-7-3-6-11(14)15/h10,12H,2-9H2,1H3,(H,14,15). The van der Waals surface area contributed by atoms with Gasteiger partial charge in [0.25, 0.3) is 0 Å². The monoisotopic (exact) mass is 214 g/mol. The molecule has 0 amide bonds. The summed E-state index contributed by atoms with van der Waals surface area (Å²) in [6.45, 7) is 6.37. The number of carboxylic acids is 1. The molecule has 0 aromatic rings. The number of carboxylic acid groups (broad SMARTS) is 1. The van der Waals surface area contributed by atoms with E-state index in [-0.39, 0.29) is 6.42 Å². The smallest absolute Gasteiger partial charge is 0.303 e. The molecule has 2 N–H and O–H groups in total. The van der Waals surface area contributed by atoms with Crippen LogP contribution in [0.4, 0.5) is 0 Å². The van der Waals surface area contributed by atoms with Crippen molar-refractivity contribution in [2.24, 2.45) is 0 Å². The molecule has 1 aliphatic heterocycles. The van der Waals surface area contributed by atoms with Crippen LogP contribution in [-0.2, 0) is 4.79 Å². The van der Waals surface area contributed by atoms with Crippen LogP contribution in [0.2, 0.25) is 0 Å². The van der Waals surface area contributed by atoms with Crippen LogP contribution in [0.3, 0.4) is 0 Å². The third-order valence-electron chi connectivity index (χ3n) is 3.03. The molecule has 1 fully saturated rings. The highest BCUT2D eigenvalue weighted by Gasteiger charge is 2.21. The maximum Gasteiger partial charge on any atom is 0.303 e. The Morgan fingerprint density at radius 1 is 1.60 bits per heavy atom. The lowest BCUT2D eigenvalue weighted by Crippen LogP contribution is -2.38. The number of carbonyl (C=O) groups is 1. The first-order valence-electron chi connectivity index (χ1n) is 5.90. The minimum absolute atomic E-state index is 0.273. The molecule has 1 aliphatic rings. The summed E-state index contributed by atoms with van der Waals surface area (Å²) in [4.78, 5) is 12.8. The van der Waals surface area contributed by atoms with E-state index in [0.29, 0.717) is 6.04 Å². The lowest BCUT2D eigenvalue weighted by atomic mass is 10.2. The van der Waals surface area contributed by atoms with Gasteiger partial charge in [-0.3, -0.25) is 9.69 Å². The third kappa shape index (κ3) is 4.62. The number of likely N-dealkylation sites (N-methyl/N-ethyl adjacent to an activating group) is 1. The molecule has 1 saturated heterocycles. The summed E-state index contributed by atoms with van der Waals surface area (Å²) < 4.78 is 0. The maximum atomic E-state index is 10.3. The molecule has 88 valence electrons. The van der Waals surface area contributed by atoms with E-state index < -0.39 is 5.97 Å². The van der Waals surface area contributed by atoms with Gasteiger partial charge in [0.1, 0.15) is 0 Å². The van der Waals surface area contributed by atoms with Crippen molar-refractivity contribution in [1.82, 2.24) is 10.2 Å². The summed E-state index contributed by atoms with van der Waals surface area (Å²) in [6.07, 6.45) is 3.58. The Hall–Kier alpha value is -0.610. The summed E-state index contributed by atoms with van der Waals surface area (Å²) in [5, 5.41) is 11.8. The fourth-order valence-corrected chi connectivity index (χ4v) is 2.18. The zero-order valence-corrected chi connectivity index (χ0v) is 9.54. The highest BCUT2D eigenvalue weighted by atomic mass is 16.4. The van der Waals surface area contributed by atoms with Gasteiger partial charge in [0.05, 0.1) is 0 Å². The van der Waals surface area contributed by atoms with Gasteiger partial charge in [-0.05, 0) is 38.9 Å². The van der Waals surface area contributed by atoms with E-state index in [1.807, 2.05) is 0 Å². The van der Waals surface area contributed by atoms with Crippen molar-refractivity contribution in [2.75, 3.05) is 26.2 Å². The fourth-order valence-electron chi connectivity index (χ4n) is 2.18. The van der Waals surface area contributed by atoms with E-state index in [2.05, 4.69) is 17.1 Å². The molecule has 0 saturated carbocycles. The number of aliphatic carboxylic acids is 1. The average Bonchev–Trinajstić information content (AvgIpc) is 2.64. The van der Waals surface area contributed by atoms with Gasteiger partial charge >= 0.3 is 5.97 Å². The average molecular weight is 214 g/mol. The molecule has 0 spiro atoms. The molecule has 1 heterocycles. The van der Waals surface area contributed by atoms with Crippen molar-refractivity contribution in [3.8, 4) is 0 Å². The molecule has 1 atom stereocenters. The van der Waals surface area contributed by atoms with Crippen LogP contribution in [0.5, 0.6) is 0 Å². The minimum atomic E-state index is -0.701. The van der Waals surface area contributed by atoms with Crippen LogP contribution in [0, 0.1) is 0 Å². The largest absolute Gasteiger partial charge is 0.481 e. The van der Waals surface area contributed by atoms with Crippen LogP contribution >= 0.6 is 0 Å². The van der Waals surface area contributed by atoms with Crippen molar-refractivity contribution in [2.45, 2.75) is 38.6 Å². The van der Waals surface area contributed by atoms with Crippen LogP contribution in [0.25, 0.3) is 0 Å². The predicted molar refractivity (Wildman–Crippen MR) is 60.0 cm³/mol. The van der Waals surface area contributed by atoms with Crippen LogP contribution in [0.1, 0.15) is 32.6 Å². The molecule has 4 heteroatoms. The molecule has 0 radical (unpaired) electrons. The number of hydrogen-bond acceptors (Lipinski definition) is 3. The summed E-state index contributed by atoms with van der Waals surface area (Å²) in [5.74, 6) is -0.701. The summed E-state index contributed by atoms with van der Waals surface area (Å²) in [7, 11) is 0. The van der Waals surface area contributed by atoms with E-state index in [4.69, 9.17) is 5.11 Å². The summed E-state index contributed by atoms with van der Waals surface area (Å²) in [6, 6.07) is 0.667. The van der Waals surface area contributed by atoms with E-state index in [9.17, 15) is 4.79 Å². The Bertz CT molecular complexity index is 197. The van der Waals surface area contributed by atoms with Gasteiger partial charge in [0, 0.05) is 19.0 Å². The SMILES string of the molecule is CCN1CCCC1CNCCCC(=O)O. The molecule has 0 bridgehead atoms. The van der Waals surface area contributed by atoms with E-state index in [0.717, 1.165) is 26.1 Å². The van der Waals surface area contributed by atoms with E-state index in [1.165, 1.54) is 19.4 Å². The van der Waals surface area contributed by atoms with Crippen molar-refractivity contribution in [3.05, 3.63) is 0 Å². The third-order valence-corrected chi connectivity index (χ3v) is 3.03. The van der Waals surface area contributed by atoms with Crippen molar-refractivity contribution >= 4 is 5.97 Å². The summed E-state index contributed by atoms with van der Waals surface area (Å²) >= 11 is 0. The molecule has 0 aliphatic carbocycles. The Morgan fingerprint density at radius 2 is 2.40 bits per heavy atom. The lowest BCUT2D eigenvalue weighted by Gasteiger charge is -2.22. The molecule has 4 nitrogen and oxygen atoms in total. The van der Waals surface area contributed by atoms with Gasteiger partial charge < -0.3 is 10.4 Å². The van der Waals surface area contributed by atoms with Crippen LogP contribution in [0.15, 0.2) is 0 Å². The number of hydrogen-bond donors (Lipinski definition) is 2. The predicted octanol–water partition coefficient (Wildman–Crippen LogP) is 0.925. The molecule has 15 heavy (non-hydrogen) atoms. The van der Waals surface area contributed by atoms with Gasteiger partial charge in [-0.15, -0.1) is 0 Å². The Labute approximate surface area is 91.6 Å². The molecule has 1 rings (SSSR count). The summed E-state index contributed by atoms with van der Waals surface area (Å²) in [5.41, 5.74) is 0. The second-order valence-electron chi connectivity index (χ2n) is 4.13. The number of rotatable bonds is 7. The molecular weight excluding hydrogens is 192 g/mol. The first-order chi connectivity index (χ1) is 7.24. The minimum Gasteiger partial charge on any atom is -0.481 e. The van der Waals surface area contributed by atoms with Crippen LogP contribution in [-0.4, -0.2) is 48.2 Å². The molecule has 0 aromatic heterocycles. The topological polar surface area (TPSA) is 52.6 Å². The highest BCUT2D eigenvalue weighted by Crippen LogP contribution is 2.15. The number of nitrogens with one attached hydrogen (secondary N) is 1. The highest BCUT2D eigenvalue weighted by molar-refractivity contribution is 5.66. The zero-order valence-electron chi connectivity index (χ0n) is 9.54. The Kier molecular flexibility index (Phi) is 5.65. The Morgan fingerprint density at radius 3 is 3.07 bits per heavy atom. The molecule has 1 unspecified atom stereocenters. The van der Waals surface area contributed by atoms with Crippen molar-refractivity contribution in [3.63, 3.8) is 0 Å². The quantitative estimate of drug-likeness (QED) is 0.619. The first kappa shape index (κ1) is 12.5. The van der Waals surface area contributed by atoms with Gasteiger partial charge in [0.15, 0.2) is 0 Å². The Balaban J connectivity index is 2.02. The normalized spacial score (nSPS) is 22.1.